The molecule has 0 spiro atoms. The highest BCUT2D eigenvalue weighted by atomic mass is 79.9. The number of nitrogens with zero attached hydrogens (tertiary/aromatic N) is 1. The molecule has 32 heavy (non-hydrogen) atoms. The molecule has 4 aromatic rings. The number of anilines is 1. The van der Waals surface area contributed by atoms with E-state index in [9.17, 15) is 9.59 Å². The largest absolute Gasteiger partial charge is 0.302 e. The van der Waals surface area contributed by atoms with E-state index in [1.165, 1.54) is 16.9 Å². The van der Waals surface area contributed by atoms with E-state index in [0.29, 0.717) is 10.7 Å². The Kier molecular flexibility index (Phi) is 6.93. The second-order valence-electron chi connectivity index (χ2n) is 7.41. The van der Waals surface area contributed by atoms with Gasteiger partial charge in [0, 0.05) is 28.4 Å². The van der Waals surface area contributed by atoms with Gasteiger partial charge in [-0.05, 0) is 24.6 Å². The van der Waals surface area contributed by atoms with Crippen molar-refractivity contribution in [1.82, 2.24) is 4.98 Å². The van der Waals surface area contributed by atoms with Crippen molar-refractivity contribution in [3.8, 4) is 21.7 Å². The molecule has 0 saturated heterocycles. The Hall–Kier alpha value is -3.09. The van der Waals surface area contributed by atoms with Crippen LogP contribution in [0.25, 0.3) is 21.7 Å². The summed E-state index contributed by atoms with van der Waals surface area (Å²) in [4.78, 5) is 30.6. The Labute approximate surface area is 199 Å². The number of hydrogen-bond donors (Lipinski definition) is 1. The zero-order valence-corrected chi connectivity index (χ0v) is 19.9. The third-order valence-corrected chi connectivity index (χ3v) is 6.53. The lowest BCUT2D eigenvalue weighted by molar-refractivity contribution is -0.116. The summed E-state index contributed by atoms with van der Waals surface area (Å²) in [5, 5.41) is 3.41. The summed E-state index contributed by atoms with van der Waals surface area (Å²) in [6.07, 6.45) is 0.254. The minimum atomic E-state index is -0.223. The third kappa shape index (κ3) is 5.39. The van der Waals surface area contributed by atoms with Gasteiger partial charge in [-0.2, -0.15) is 0 Å². The summed E-state index contributed by atoms with van der Waals surface area (Å²) >= 11 is 4.80. The van der Waals surface area contributed by atoms with Gasteiger partial charge in [0.2, 0.25) is 5.91 Å². The molecule has 0 fully saturated rings. The van der Waals surface area contributed by atoms with Crippen LogP contribution in [-0.2, 0) is 4.79 Å². The minimum Gasteiger partial charge on any atom is -0.302 e. The zero-order chi connectivity index (χ0) is 22.5. The van der Waals surface area contributed by atoms with Crippen LogP contribution in [0.1, 0.15) is 28.8 Å². The molecule has 3 aromatic carbocycles. The molecular weight excluding hydrogens is 484 g/mol. The van der Waals surface area contributed by atoms with E-state index >= 15 is 0 Å². The number of nitrogens with one attached hydrogen (secondary N) is 1. The smallest absolute Gasteiger partial charge is 0.226 e. The van der Waals surface area contributed by atoms with Gasteiger partial charge in [0.05, 0.1) is 10.6 Å². The van der Waals surface area contributed by atoms with Gasteiger partial charge < -0.3 is 5.32 Å². The summed E-state index contributed by atoms with van der Waals surface area (Å²) in [5.74, 6) is -0.281. The first-order valence-corrected chi connectivity index (χ1v) is 11.8. The summed E-state index contributed by atoms with van der Waals surface area (Å²) in [6, 6.07) is 25.3. The highest BCUT2D eigenvalue weighted by molar-refractivity contribution is 9.10. The number of Topliss-reactive ketones (excluding diaryl/α,β-unsaturated/α-hetero) is 1. The van der Waals surface area contributed by atoms with Crippen LogP contribution >= 0.6 is 27.3 Å². The lowest BCUT2D eigenvalue weighted by atomic mass is 10.1. The fourth-order valence-corrected chi connectivity index (χ4v) is 4.53. The van der Waals surface area contributed by atoms with Crippen LogP contribution in [0.5, 0.6) is 0 Å². The van der Waals surface area contributed by atoms with E-state index in [2.05, 4.69) is 52.4 Å². The van der Waals surface area contributed by atoms with Crippen LogP contribution in [0, 0.1) is 6.92 Å². The van der Waals surface area contributed by atoms with E-state index < -0.39 is 0 Å². The number of benzene rings is 3. The van der Waals surface area contributed by atoms with Gasteiger partial charge in [0.15, 0.2) is 10.9 Å². The number of amides is 1. The van der Waals surface area contributed by atoms with Crippen LogP contribution in [0.3, 0.4) is 0 Å². The monoisotopic (exact) mass is 504 g/mol. The fraction of sp³-hybridized carbons (Fsp3) is 0.115. The van der Waals surface area contributed by atoms with Gasteiger partial charge >= 0.3 is 0 Å². The summed E-state index contributed by atoms with van der Waals surface area (Å²) in [5.41, 5.74) is 4.66. The van der Waals surface area contributed by atoms with Crippen molar-refractivity contribution in [1.29, 1.82) is 0 Å². The van der Waals surface area contributed by atoms with Crippen molar-refractivity contribution in [2.75, 3.05) is 5.32 Å². The zero-order valence-electron chi connectivity index (χ0n) is 17.5. The Morgan fingerprint density at radius 1 is 0.875 bits per heavy atom. The quantitative estimate of drug-likeness (QED) is 0.272. The molecule has 0 aliphatic carbocycles. The van der Waals surface area contributed by atoms with Crippen molar-refractivity contribution in [3.63, 3.8) is 0 Å². The minimum absolute atomic E-state index is 0.0582. The van der Waals surface area contributed by atoms with Crippen molar-refractivity contribution in [2.45, 2.75) is 19.8 Å². The Bertz CT molecular complexity index is 1230. The number of carbonyl (C=O) groups excluding carboxylic acids is 2. The molecule has 1 heterocycles. The molecule has 1 amide bonds. The van der Waals surface area contributed by atoms with Gasteiger partial charge in [0.1, 0.15) is 0 Å². The molecule has 160 valence electrons. The molecule has 4 rings (SSSR count). The number of ketones is 1. The van der Waals surface area contributed by atoms with Gasteiger partial charge in [-0.25, -0.2) is 4.98 Å². The van der Waals surface area contributed by atoms with Crippen LogP contribution in [0.4, 0.5) is 5.13 Å². The van der Waals surface area contributed by atoms with E-state index in [1.807, 2.05) is 42.5 Å². The average molecular weight is 505 g/mol. The topological polar surface area (TPSA) is 59.1 Å². The molecule has 0 radical (unpaired) electrons. The number of aryl methyl sites for hydroxylation is 1. The number of hydrogen-bond acceptors (Lipinski definition) is 4. The molecule has 1 aromatic heterocycles. The molecule has 6 heteroatoms. The Balaban J connectivity index is 1.51. The number of halogens is 1. The molecule has 1 N–H and O–H groups in total. The van der Waals surface area contributed by atoms with Crippen molar-refractivity contribution >= 4 is 44.1 Å². The summed E-state index contributed by atoms with van der Waals surface area (Å²) in [6.45, 7) is 2.05. The number of rotatable bonds is 7. The van der Waals surface area contributed by atoms with Crippen molar-refractivity contribution in [2.24, 2.45) is 0 Å². The predicted octanol–water partition coefficient (Wildman–Crippen LogP) is 7.15. The molecule has 0 atom stereocenters. The first-order valence-electron chi connectivity index (χ1n) is 10.2. The number of thiazole rings is 1. The van der Waals surface area contributed by atoms with Gasteiger partial charge in [0.25, 0.3) is 0 Å². The second kappa shape index (κ2) is 10.0. The first-order chi connectivity index (χ1) is 15.5. The van der Waals surface area contributed by atoms with E-state index in [0.717, 1.165) is 26.2 Å². The molecule has 4 nitrogen and oxygen atoms in total. The van der Waals surface area contributed by atoms with Gasteiger partial charge in [-0.15, -0.1) is 0 Å². The molecular formula is C26H21BrN2O2S. The standard InChI is InChI=1S/C26H21BrN2O2S/c1-17-7-9-20(10-8-17)25-24(19-5-3-2-4-6-19)29-26(32-25)28-23(31)16-15-22(30)18-11-13-21(27)14-12-18/h2-14H,15-16H2,1H3,(H,28,29,31). The van der Waals surface area contributed by atoms with E-state index in [4.69, 9.17) is 4.98 Å². The van der Waals surface area contributed by atoms with Crippen LogP contribution in [0.2, 0.25) is 0 Å². The highest BCUT2D eigenvalue weighted by Gasteiger charge is 2.17. The van der Waals surface area contributed by atoms with E-state index in [1.54, 1.807) is 12.1 Å². The maximum Gasteiger partial charge on any atom is 0.226 e. The average Bonchev–Trinajstić information content (AvgIpc) is 3.22. The van der Waals surface area contributed by atoms with Crippen molar-refractivity contribution in [3.05, 3.63) is 94.5 Å². The fourth-order valence-electron chi connectivity index (χ4n) is 3.25. The van der Waals surface area contributed by atoms with Crippen LogP contribution < -0.4 is 5.32 Å². The first kappa shape index (κ1) is 22.1. The van der Waals surface area contributed by atoms with Crippen LogP contribution in [-0.4, -0.2) is 16.7 Å². The number of aromatic nitrogens is 1. The van der Waals surface area contributed by atoms with Crippen molar-refractivity contribution < 1.29 is 9.59 Å². The lowest BCUT2D eigenvalue weighted by Gasteiger charge is -2.03. The maximum atomic E-state index is 12.5. The van der Waals surface area contributed by atoms with Gasteiger partial charge in [-0.3, -0.25) is 9.59 Å². The summed E-state index contributed by atoms with van der Waals surface area (Å²) in [7, 11) is 0. The lowest BCUT2D eigenvalue weighted by Crippen LogP contribution is -2.13. The highest BCUT2D eigenvalue weighted by Crippen LogP contribution is 2.39. The molecule has 0 unspecified atom stereocenters. The van der Waals surface area contributed by atoms with Crippen LogP contribution in [0.15, 0.2) is 83.3 Å². The predicted molar refractivity (Wildman–Crippen MR) is 134 cm³/mol. The molecule has 0 aliphatic heterocycles. The Morgan fingerprint density at radius 2 is 1.56 bits per heavy atom. The maximum absolute atomic E-state index is 12.5. The van der Waals surface area contributed by atoms with E-state index in [-0.39, 0.29) is 24.5 Å². The normalized spacial score (nSPS) is 10.7. The molecule has 0 saturated carbocycles. The third-order valence-electron chi connectivity index (χ3n) is 4.98. The second-order valence-corrected chi connectivity index (χ2v) is 9.32. The molecule has 0 bridgehead atoms. The molecule has 0 aliphatic rings. The SMILES string of the molecule is Cc1ccc(-c2sc(NC(=O)CCC(=O)c3ccc(Br)cc3)nc2-c2ccccc2)cc1. The van der Waals surface area contributed by atoms with Gasteiger partial charge in [-0.1, -0.05) is 99.6 Å². The summed E-state index contributed by atoms with van der Waals surface area (Å²) < 4.78 is 0.911. The number of carbonyl (C=O) groups is 2. The Morgan fingerprint density at radius 3 is 2.25 bits per heavy atom.